The Morgan fingerprint density at radius 2 is 1.62 bits per heavy atom. The van der Waals surface area contributed by atoms with Gasteiger partial charge in [0.15, 0.2) is 0 Å². The van der Waals surface area contributed by atoms with Gasteiger partial charge < -0.3 is 15.0 Å². The molecule has 1 N–H and O–H groups in total. The number of hydrogen-bond acceptors (Lipinski definition) is 5. The summed E-state index contributed by atoms with van der Waals surface area (Å²) in [6.45, 7) is 8.06. The molecule has 40 heavy (non-hydrogen) atoms. The lowest BCUT2D eigenvalue weighted by Gasteiger charge is -2.34. The highest BCUT2D eigenvalue weighted by Gasteiger charge is 2.38. The number of nitro groups is 1. The first-order chi connectivity index (χ1) is 18.8. The minimum Gasteiger partial charge on any atom is -0.382 e. The maximum Gasteiger partial charge on any atom is 0.423 e. The van der Waals surface area contributed by atoms with Crippen molar-refractivity contribution in [1.82, 2.24) is 4.90 Å². The van der Waals surface area contributed by atoms with Gasteiger partial charge in [0.1, 0.15) is 12.2 Å². The van der Waals surface area contributed by atoms with Crippen molar-refractivity contribution in [2.45, 2.75) is 89.0 Å². The molecule has 0 aromatic heterocycles. The zero-order valence-corrected chi connectivity index (χ0v) is 23.3. The zero-order valence-electron chi connectivity index (χ0n) is 23.3. The summed E-state index contributed by atoms with van der Waals surface area (Å²) in [7, 11) is 0. The zero-order chi connectivity index (χ0) is 29.1. The van der Waals surface area contributed by atoms with Crippen LogP contribution in [0.3, 0.4) is 0 Å². The number of carbonyl (C=O) groups excluding carboxylic acids is 1. The first-order valence-electron chi connectivity index (χ1n) is 13.9. The Bertz CT molecular complexity index is 1180. The molecule has 1 heterocycles. The molecule has 2 fully saturated rings. The van der Waals surface area contributed by atoms with E-state index in [1.54, 1.807) is 0 Å². The van der Waals surface area contributed by atoms with Crippen molar-refractivity contribution in [3.05, 3.63) is 69.3 Å². The van der Waals surface area contributed by atoms with Gasteiger partial charge in [-0.15, -0.1) is 0 Å². The standard InChI is InChI=1S/C30H38F3N3O4/c1-29(2,3)22-6-4-20(5-7-22)21-14-16-35(17-15-21)28(37)19-40-25-11-8-23(9-12-25)34-24-10-13-27(36(38)39)26(18-24)30(31,32)33/h4-7,10,13,18,21,23,25,34H,8-9,11-12,14-17,19H2,1-3H3/t23-,25-. The van der Waals surface area contributed by atoms with Gasteiger partial charge in [-0.1, -0.05) is 45.0 Å². The van der Waals surface area contributed by atoms with Gasteiger partial charge in [0.2, 0.25) is 5.91 Å². The highest BCUT2D eigenvalue weighted by molar-refractivity contribution is 5.77. The monoisotopic (exact) mass is 561 g/mol. The molecule has 1 saturated carbocycles. The fourth-order valence-corrected chi connectivity index (χ4v) is 5.62. The number of anilines is 1. The average molecular weight is 562 g/mol. The number of nitrogens with one attached hydrogen (secondary N) is 1. The smallest absolute Gasteiger partial charge is 0.382 e. The molecule has 0 bridgehead atoms. The van der Waals surface area contributed by atoms with Gasteiger partial charge in [-0.25, -0.2) is 0 Å². The van der Waals surface area contributed by atoms with Crippen LogP contribution in [0.25, 0.3) is 0 Å². The van der Waals surface area contributed by atoms with Gasteiger partial charge in [0, 0.05) is 30.9 Å². The number of likely N-dealkylation sites (tertiary alicyclic amines) is 1. The van der Waals surface area contributed by atoms with Crippen LogP contribution in [0.5, 0.6) is 0 Å². The molecule has 10 heteroatoms. The highest BCUT2D eigenvalue weighted by atomic mass is 19.4. The van der Waals surface area contributed by atoms with Crippen molar-refractivity contribution in [2.75, 3.05) is 25.0 Å². The van der Waals surface area contributed by atoms with Crippen LogP contribution in [-0.2, 0) is 21.1 Å². The predicted octanol–water partition coefficient (Wildman–Crippen LogP) is 7.06. The second-order valence-corrected chi connectivity index (χ2v) is 11.9. The molecular weight excluding hydrogens is 523 g/mol. The van der Waals surface area contributed by atoms with E-state index < -0.39 is 22.4 Å². The number of carbonyl (C=O) groups is 1. The molecule has 0 radical (unpaired) electrons. The Morgan fingerprint density at radius 3 is 2.17 bits per heavy atom. The molecular formula is C30H38F3N3O4. The largest absolute Gasteiger partial charge is 0.423 e. The summed E-state index contributed by atoms with van der Waals surface area (Å²) in [5, 5.41) is 14.0. The van der Waals surface area contributed by atoms with Crippen LogP contribution in [0.1, 0.15) is 81.9 Å². The van der Waals surface area contributed by atoms with Crippen LogP contribution < -0.4 is 5.32 Å². The third-order valence-corrected chi connectivity index (χ3v) is 8.08. The summed E-state index contributed by atoms with van der Waals surface area (Å²) in [5.41, 5.74) is 0.737. The van der Waals surface area contributed by atoms with Crippen LogP contribution in [0.2, 0.25) is 0 Å². The average Bonchev–Trinajstić information content (AvgIpc) is 2.91. The molecule has 0 unspecified atom stereocenters. The van der Waals surface area contributed by atoms with Crippen LogP contribution in [0, 0.1) is 10.1 Å². The molecule has 7 nitrogen and oxygen atoms in total. The minimum atomic E-state index is -4.81. The van der Waals surface area contributed by atoms with Gasteiger partial charge in [-0.2, -0.15) is 13.2 Å². The van der Waals surface area contributed by atoms with Crippen LogP contribution in [0.15, 0.2) is 42.5 Å². The summed E-state index contributed by atoms with van der Waals surface area (Å²) in [5.74, 6) is 0.442. The predicted molar refractivity (Wildman–Crippen MR) is 147 cm³/mol. The molecule has 0 spiro atoms. The fraction of sp³-hybridized carbons (Fsp3) is 0.567. The fourth-order valence-electron chi connectivity index (χ4n) is 5.62. The number of rotatable bonds is 7. The second-order valence-electron chi connectivity index (χ2n) is 11.9. The lowest BCUT2D eigenvalue weighted by atomic mass is 9.84. The van der Waals surface area contributed by atoms with E-state index in [9.17, 15) is 28.1 Å². The summed E-state index contributed by atoms with van der Waals surface area (Å²) >= 11 is 0. The number of hydrogen-bond donors (Lipinski definition) is 1. The van der Waals surface area contributed by atoms with Crippen molar-refractivity contribution >= 4 is 17.3 Å². The molecule has 0 atom stereocenters. The van der Waals surface area contributed by atoms with E-state index in [4.69, 9.17) is 4.74 Å². The number of nitrogens with zero attached hydrogens (tertiary/aromatic N) is 2. The van der Waals surface area contributed by atoms with E-state index in [2.05, 4.69) is 50.4 Å². The Labute approximate surface area is 233 Å². The maximum atomic E-state index is 13.3. The number of piperidine rings is 1. The van der Waals surface area contributed by atoms with Gasteiger partial charge in [-0.05, 0) is 73.1 Å². The topological polar surface area (TPSA) is 84.7 Å². The molecule has 2 aliphatic rings. The van der Waals surface area contributed by atoms with E-state index in [1.165, 1.54) is 17.2 Å². The lowest BCUT2D eigenvalue weighted by Crippen LogP contribution is -2.41. The first kappa shape index (κ1) is 29.8. The first-order valence-corrected chi connectivity index (χ1v) is 13.9. The van der Waals surface area contributed by atoms with Gasteiger partial charge in [0.25, 0.3) is 5.69 Å². The quantitative estimate of drug-likeness (QED) is 0.289. The summed E-state index contributed by atoms with van der Waals surface area (Å²) in [6.07, 6.45) is -0.360. The third kappa shape index (κ3) is 7.53. The molecule has 218 valence electrons. The Balaban J connectivity index is 1.19. The van der Waals surface area contributed by atoms with Gasteiger partial charge in [-0.3, -0.25) is 14.9 Å². The number of benzene rings is 2. The van der Waals surface area contributed by atoms with Crippen molar-refractivity contribution in [1.29, 1.82) is 0 Å². The second kappa shape index (κ2) is 12.2. The molecule has 2 aromatic carbocycles. The van der Waals surface area contributed by atoms with Crippen LogP contribution >= 0.6 is 0 Å². The number of ether oxygens (including phenoxy) is 1. The Hall–Kier alpha value is -3.14. The lowest BCUT2D eigenvalue weighted by molar-refractivity contribution is -0.388. The molecule has 1 amide bonds. The third-order valence-electron chi connectivity index (χ3n) is 8.08. The van der Waals surface area contributed by atoms with Crippen LogP contribution in [0.4, 0.5) is 24.5 Å². The van der Waals surface area contributed by atoms with E-state index in [0.29, 0.717) is 44.7 Å². The maximum absolute atomic E-state index is 13.3. The highest BCUT2D eigenvalue weighted by Crippen LogP contribution is 2.38. The number of alkyl halides is 3. The SMILES string of the molecule is CC(C)(C)c1ccc(C2CCN(C(=O)CO[C@H]3CC[C@H](Nc4ccc([N+](=O)[O-])c(C(F)(F)F)c4)CC3)CC2)cc1. The van der Waals surface area contributed by atoms with E-state index >= 15 is 0 Å². The summed E-state index contributed by atoms with van der Waals surface area (Å²) < 4.78 is 45.7. The van der Waals surface area contributed by atoms with Gasteiger partial charge >= 0.3 is 6.18 Å². The van der Waals surface area contributed by atoms with Crippen molar-refractivity contribution in [3.8, 4) is 0 Å². The molecule has 1 aliphatic heterocycles. The van der Waals surface area contributed by atoms with Crippen LogP contribution in [-0.4, -0.2) is 47.6 Å². The van der Waals surface area contributed by atoms with Crippen molar-refractivity contribution in [3.63, 3.8) is 0 Å². The molecule has 1 saturated heterocycles. The van der Waals surface area contributed by atoms with Crippen molar-refractivity contribution in [2.24, 2.45) is 0 Å². The van der Waals surface area contributed by atoms with Gasteiger partial charge in [0.05, 0.1) is 11.0 Å². The summed E-state index contributed by atoms with van der Waals surface area (Å²) in [4.78, 5) is 24.6. The molecule has 2 aromatic rings. The van der Waals surface area contributed by atoms with E-state index in [-0.39, 0.29) is 35.8 Å². The van der Waals surface area contributed by atoms with E-state index in [0.717, 1.165) is 25.0 Å². The number of halogens is 3. The molecule has 1 aliphatic carbocycles. The Morgan fingerprint density at radius 1 is 1.00 bits per heavy atom. The number of nitro benzene ring substituents is 1. The number of amides is 1. The summed E-state index contributed by atoms with van der Waals surface area (Å²) in [6, 6.07) is 11.8. The normalized spacial score (nSPS) is 20.8. The Kier molecular flexibility index (Phi) is 9.07. The van der Waals surface area contributed by atoms with Crippen molar-refractivity contribution < 1.29 is 27.6 Å². The minimum absolute atomic E-state index is 0.00709. The molecule has 4 rings (SSSR count). The van der Waals surface area contributed by atoms with E-state index in [1.807, 2.05) is 4.90 Å².